The first kappa shape index (κ1) is 15.9. The minimum atomic E-state index is -0.0552. The molecular weight excluding hydrogens is 278 g/mol. The third kappa shape index (κ3) is 4.04. The molecule has 0 atom stereocenters. The summed E-state index contributed by atoms with van der Waals surface area (Å²) in [7, 11) is 0. The third-order valence-corrected chi connectivity index (χ3v) is 3.64. The zero-order chi connectivity index (χ0) is 16.1. The molecule has 22 heavy (non-hydrogen) atoms. The summed E-state index contributed by atoms with van der Waals surface area (Å²) in [5.41, 5.74) is 3.46. The summed E-state index contributed by atoms with van der Waals surface area (Å²) in [6.07, 6.45) is 1.87. The van der Waals surface area contributed by atoms with Crippen LogP contribution in [0.5, 0.6) is 0 Å². The number of hydrogen-bond donors (Lipinski definition) is 1. The van der Waals surface area contributed by atoms with Gasteiger partial charge in [-0.2, -0.15) is 0 Å². The van der Waals surface area contributed by atoms with Crippen molar-refractivity contribution >= 4 is 5.91 Å². The molecule has 1 heterocycles. The van der Waals surface area contributed by atoms with Crippen molar-refractivity contribution in [2.75, 3.05) is 6.54 Å². The Hall–Kier alpha value is -2.43. The number of carbonyl (C=O) groups excluding carboxylic acids is 1. The van der Waals surface area contributed by atoms with E-state index in [-0.39, 0.29) is 11.5 Å². The highest BCUT2D eigenvalue weighted by molar-refractivity contribution is 5.78. The molecule has 1 N–H and O–H groups in total. The van der Waals surface area contributed by atoms with Crippen LogP contribution < -0.4 is 10.9 Å². The van der Waals surface area contributed by atoms with Crippen molar-refractivity contribution in [1.82, 2.24) is 14.9 Å². The summed E-state index contributed by atoms with van der Waals surface area (Å²) in [5, 5.41) is 2.83. The average Bonchev–Trinajstić information content (AvgIpc) is 2.47. The number of amides is 1. The fourth-order valence-corrected chi connectivity index (χ4v) is 2.22. The molecule has 0 aliphatic carbocycles. The first-order chi connectivity index (χ1) is 10.5. The zero-order valence-electron chi connectivity index (χ0n) is 13.2. The lowest BCUT2D eigenvalue weighted by Gasteiger charge is -2.09. The Labute approximate surface area is 130 Å². The second-order valence-electron chi connectivity index (χ2n) is 5.47. The van der Waals surface area contributed by atoms with Gasteiger partial charge in [0.1, 0.15) is 0 Å². The molecule has 5 heteroatoms. The molecule has 2 rings (SSSR count). The van der Waals surface area contributed by atoms with Crippen molar-refractivity contribution in [2.45, 2.75) is 33.7 Å². The molecule has 1 amide bonds. The van der Waals surface area contributed by atoms with E-state index >= 15 is 0 Å². The van der Waals surface area contributed by atoms with Crippen molar-refractivity contribution in [3.63, 3.8) is 0 Å². The molecule has 0 fully saturated rings. The van der Waals surface area contributed by atoms with Gasteiger partial charge in [0.2, 0.25) is 5.91 Å². The van der Waals surface area contributed by atoms with Gasteiger partial charge >= 0.3 is 0 Å². The number of benzene rings is 1. The minimum absolute atomic E-state index is 0.0459. The van der Waals surface area contributed by atoms with Gasteiger partial charge in [0.15, 0.2) is 0 Å². The lowest BCUT2D eigenvalue weighted by Crippen LogP contribution is -2.32. The van der Waals surface area contributed by atoms with Crippen molar-refractivity contribution < 1.29 is 4.79 Å². The number of aryl methyl sites for hydroxylation is 2. The molecule has 0 bridgehead atoms. The van der Waals surface area contributed by atoms with Gasteiger partial charge in [-0.3, -0.25) is 14.2 Å². The highest BCUT2D eigenvalue weighted by Crippen LogP contribution is 2.04. The Morgan fingerprint density at radius 2 is 2.05 bits per heavy atom. The Morgan fingerprint density at radius 1 is 1.27 bits per heavy atom. The number of carbonyl (C=O) groups is 1. The van der Waals surface area contributed by atoms with E-state index in [1.807, 2.05) is 38.1 Å². The number of nitrogens with one attached hydrogen (secondary N) is 1. The highest BCUT2D eigenvalue weighted by Gasteiger charge is 2.06. The monoisotopic (exact) mass is 299 g/mol. The Bertz CT molecular complexity index is 735. The molecule has 0 radical (unpaired) electrons. The SMILES string of the molecule is Cc1cccc(CC(=O)NCCn2cnc(C)c(C)c2=O)c1. The van der Waals surface area contributed by atoms with Gasteiger partial charge in [-0.15, -0.1) is 0 Å². The number of aromatic nitrogens is 2. The first-order valence-corrected chi connectivity index (χ1v) is 7.32. The second-order valence-corrected chi connectivity index (χ2v) is 5.47. The molecule has 0 unspecified atom stereocenters. The molecule has 0 aliphatic heterocycles. The van der Waals surface area contributed by atoms with Crippen LogP contribution in [0.2, 0.25) is 0 Å². The lowest BCUT2D eigenvalue weighted by molar-refractivity contribution is -0.120. The van der Waals surface area contributed by atoms with Crippen LogP contribution in [0.3, 0.4) is 0 Å². The largest absolute Gasteiger partial charge is 0.354 e. The summed E-state index contributed by atoms with van der Waals surface area (Å²) in [5.74, 6) is -0.0459. The van der Waals surface area contributed by atoms with E-state index < -0.39 is 0 Å². The quantitative estimate of drug-likeness (QED) is 0.910. The highest BCUT2D eigenvalue weighted by atomic mass is 16.1. The van der Waals surface area contributed by atoms with E-state index in [0.29, 0.717) is 25.1 Å². The van der Waals surface area contributed by atoms with Gasteiger partial charge in [0.05, 0.1) is 12.7 Å². The fraction of sp³-hybridized carbons (Fsp3) is 0.353. The number of rotatable bonds is 5. The topological polar surface area (TPSA) is 64.0 Å². The first-order valence-electron chi connectivity index (χ1n) is 7.32. The summed E-state index contributed by atoms with van der Waals surface area (Å²) < 4.78 is 1.52. The molecule has 2 aromatic rings. The average molecular weight is 299 g/mol. The van der Waals surface area contributed by atoms with Crippen LogP contribution in [-0.2, 0) is 17.8 Å². The number of nitrogens with zero attached hydrogens (tertiary/aromatic N) is 2. The van der Waals surface area contributed by atoms with Crippen LogP contribution >= 0.6 is 0 Å². The predicted octanol–water partition coefficient (Wildman–Crippen LogP) is 1.53. The van der Waals surface area contributed by atoms with Gasteiger partial charge in [0, 0.05) is 24.3 Å². The molecule has 1 aromatic carbocycles. The number of hydrogen-bond acceptors (Lipinski definition) is 3. The maximum absolute atomic E-state index is 12.0. The van der Waals surface area contributed by atoms with Crippen LogP contribution in [0.25, 0.3) is 0 Å². The molecule has 116 valence electrons. The molecule has 5 nitrogen and oxygen atoms in total. The predicted molar refractivity (Wildman–Crippen MR) is 85.9 cm³/mol. The van der Waals surface area contributed by atoms with E-state index in [4.69, 9.17) is 0 Å². The molecule has 0 saturated carbocycles. The van der Waals surface area contributed by atoms with Gasteiger partial charge in [-0.05, 0) is 26.3 Å². The van der Waals surface area contributed by atoms with E-state index in [9.17, 15) is 9.59 Å². The summed E-state index contributed by atoms with van der Waals surface area (Å²) >= 11 is 0. The van der Waals surface area contributed by atoms with Gasteiger partial charge < -0.3 is 5.32 Å². The molecular formula is C17H21N3O2. The van der Waals surface area contributed by atoms with Gasteiger partial charge in [-0.25, -0.2) is 4.98 Å². The van der Waals surface area contributed by atoms with Gasteiger partial charge in [0.25, 0.3) is 5.56 Å². The molecule has 0 saturated heterocycles. The fourth-order valence-electron chi connectivity index (χ4n) is 2.22. The van der Waals surface area contributed by atoms with Crippen molar-refractivity contribution in [3.8, 4) is 0 Å². The Balaban J connectivity index is 1.87. The maximum atomic E-state index is 12.0. The smallest absolute Gasteiger partial charge is 0.256 e. The Kier molecular flexibility index (Phi) is 5.09. The van der Waals surface area contributed by atoms with Crippen LogP contribution in [0, 0.1) is 20.8 Å². The van der Waals surface area contributed by atoms with Crippen LogP contribution in [0.15, 0.2) is 35.4 Å². The zero-order valence-corrected chi connectivity index (χ0v) is 13.2. The van der Waals surface area contributed by atoms with E-state index in [1.54, 1.807) is 6.92 Å². The van der Waals surface area contributed by atoms with E-state index in [1.165, 1.54) is 10.9 Å². The van der Waals surface area contributed by atoms with Crippen LogP contribution in [0.1, 0.15) is 22.4 Å². The third-order valence-electron chi connectivity index (χ3n) is 3.64. The van der Waals surface area contributed by atoms with Crippen LogP contribution in [-0.4, -0.2) is 22.0 Å². The van der Waals surface area contributed by atoms with Crippen molar-refractivity contribution in [2.24, 2.45) is 0 Å². The van der Waals surface area contributed by atoms with E-state index in [2.05, 4.69) is 10.3 Å². The second kappa shape index (κ2) is 7.02. The standard InChI is InChI=1S/C17H21N3O2/c1-12-5-4-6-15(9-12)10-16(21)18-7-8-20-11-19-14(3)13(2)17(20)22/h4-6,9,11H,7-8,10H2,1-3H3,(H,18,21). The minimum Gasteiger partial charge on any atom is -0.354 e. The molecule has 1 aromatic heterocycles. The lowest BCUT2D eigenvalue weighted by atomic mass is 10.1. The summed E-state index contributed by atoms with van der Waals surface area (Å²) in [6, 6.07) is 7.88. The Morgan fingerprint density at radius 3 is 2.77 bits per heavy atom. The van der Waals surface area contributed by atoms with Crippen LogP contribution in [0.4, 0.5) is 0 Å². The normalized spacial score (nSPS) is 10.5. The maximum Gasteiger partial charge on any atom is 0.256 e. The van der Waals surface area contributed by atoms with E-state index in [0.717, 1.165) is 16.8 Å². The van der Waals surface area contributed by atoms with Crippen molar-refractivity contribution in [1.29, 1.82) is 0 Å². The summed E-state index contributed by atoms with van der Waals surface area (Å²) in [6.45, 7) is 6.41. The van der Waals surface area contributed by atoms with Gasteiger partial charge in [-0.1, -0.05) is 29.8 Å². The summed E-state index contributed by atoms with van der Waals surface area (Å²) in [4.78, 5) is 28.1. The molecule has 0 aliphatic rings. The van der Waals surface area contributed by atoms with Crippen molar-refractivity contribution in [3.05, 3.63) is 63.3 Å². The molecule has 0 spiro atoms.